The fraction of sp³-hybridized carbons (Fsp3) is 0.361. The molecule has 15 nitrogen and oxygen atoms in total. The van der Waals surface area contributed by atoms with Crippen LogP contribution in [0.2, 0.25) is 5.02 Å². The first-order valence-electron chi connectivity index (χ1n) is 17.0. The highest BCUT2D eigenvalue weighted by Crippen LogP contribution is 2.31. The number of rotatable bonds is 10. The number of anilines is 3. The average molecular weight is 728 g/mol. The van der Waals surface area contributed by atoms with Gasteiger partial charge in [-0.2, -0.15) is 4.98 Å². The van der Waals surface area contributed by atoms with Crippen molar-refractivity contribution in [2.75, 3.05) is 44.0 Å². The molecule has 0 aliphatic carbocycles. The number of pyridine rings is 1. The molecule has 3 N–H and O–H groups in total. The number of nitrogens with one attached hydrogen (secondary N) is 3. The fourth-order valence-electron chi connectivity index (χ4n) is 7.01. The Morgan fingerprint density at radius 3 is 2.73 bits per heavy atom. The number of aromatic nitrogens is 3. The van der Waals surface area contributed by atoms with Crippen LogP contribution in [0.15, 0.2) is 53.5 Å². The molecule has 16 heteroatoms. The fourth-order valence-corrected chi connectivity index (χ4v) is 7.15. The molecule has 1 unspecified atom stereocenters. The normalized spacial score (nSPS) is 18.6. The van der Waals surface area contributed by atoms with Crippen LogP contribution in [0, 0.1) is 0 Å². The Kier molecular flexibility index (Phi) is 9.55. The Bertz CT molecular complexity index is 2170. The molecule has 0 bridgehead atoms. The van der Waals surface area contributed by atoms with Crippen molar-refractivity contribution in [2.24, 2.45) is 7.05 Å². The number of halogens is 1. The van der Waals surface area contributed by atoms with Crippen molar-refractivity contribution in [3.63, 3.8) is 0 Å². The Labute approximate surface area is 303 Å². The summed E-state index contributed by atoms with van der Waals surface area (Å²) in [5.74, 6) is -0.210. The number of imide groups is 1. The number of fused-ring (bicyclic) bond motifs is 2. The number of benzene rings is 2. The van der Waals surface area contributed by atoms with Crippen molar-refractivity contribution in [3.05, 3.63) is 80.7 Å². The lowest BCUT2D eigenvalue weighted by Gasteiger charge is -2.29. The molecule has 270 valence electrons. The van der Waals surface area contributed by atoms with Crippen LogP contribution in [0.4, 0.5) is 17.5 Å². The van der Waals surface area contributed by atoms with Crippen LogP contribution in [-0.2, 0) is 34.5 Å². The van der Waals surface area contributed by atoms with Gasteiger partial charge in [0, 0.05) is 69.4 Å². The molecule has 3 aliphatic rings. The Morgan fingerprint density at radius 1 is 1.12 bits per heavy atom. The van der Waals surface area contributed by atoms with Crippen LogP contribution in [0.25, 0.3) is 10.9 Å². The highest BCUT2D eigenvalue weighted by atomic mass is 35.5. The van der Waals surface area contributed by atoms with Crippen LogP contribution >= 0.6 is 11.6 Å². The number of likely N-dealkylation sites (N-methyl/N-ethyl adjacent to an activating group) is 2. The lowest BCUT2D eigenvalue weighted by atomic mass is 10.0. The van der Waals surface area contributed by atoms with E-state index in [1.165, 1.54) is 11.6 Å². The van der Waals surface area contributed by atoms with Crippen molar-refractivity contribution in [2.45, 2.75) is 44.4 Å². The zero-order valence-corrected chi connectivity index (χ0v) is 29.7. The van der Waals surface area contributed by atoms with Crippen molar-refractivity contribution in [1.29, 1.82) is 0 Å². The first kappa shape index (κ1) is 34.9. The van der Waals surface area contributed by atoms with E-state index in [2.05, 4.69) is 37.8 Å². The molecule has 3 aliphatic heterocycles. The third-order valence-electron chi connectivity index (χ3n) is 9.91. The van der Waals surface area contributed by atoms with Gasteiger partial charge in [-0.05, 0) is 61.3 Å². The summed E-state index contributed by atoms with van der Waals surface area (Å²) >= 11 is 6.54. The molecule has 5 heterocycles. The smallest absolute Gasteiger partial charge is 0.293 e. The molecule has 2 aromatic heterocycles. The van der Waals surface area contributed by atoms with Crippen LogP contribution in [0.3, 0.4) is 0 Å². The van der Waals surface area contributed by atoms with Gasteiger partial charge < -0.3 is 29.7 Å². The van der Waals surface area contributed by atoms with Gasteiger partial charge in [0.1, 0.15) is 11.1 Å². The predicted octanol–water partition coefficient (Wildman–Crippen LogP) is 2.32. The number of carbonyl (C=O) groups is 4. The van der Waals surface area contributed by atoms with Gasteiger partial charge in [-0.3, -0.25) is 34.2 Å². The van der Waals surface area contributed by atoms with E-state index >= 15 is 0 Å². The number of ether oxygens (including phenoxy) is 1. The minimum atomic E-state index is -0.640. The molecule has 2 aromatic carbocycles. The predicted molar refractivity (Wildman–Crippen MR) is 194 cm³/mol. The molecule has 2 saturated heterocycles. The molecule has 4 amide bonds. The minimum absolute atomic E-state index is 0.0642. The molecule has 0 spiro atoms. The summed E-state index contributed by atoms with van der Waals surface area (Å²) in [6, 6.07) is 12.5. The first-order chi connectivity index (χ1) is 25.0. The molecule has 2 atom stereocenters. The molecular formula is C36H38ClN9O6. The summed E-state index contributed by atoms with van der Waals surface area (Å²) in [5.41, 5.74) is 3.56. The summed E-state index contributed by atoms with van der Waals surface area (Å²) in [6.07, 6.45) is 3.02. The van der Waals surface area contributed by atoms with E-state index in [1.807, 2.05) is 36.4 Å². The Hall–Kier alpha value is -5.54. The molecule has 52 heavy (non-hydrogen) atoms. The zero-order chi connectivity index (χ0) is 36.7. The summed E-state index contributed by atoms with van der Waals surface area (Å²) in [5, 5.41) is 9.17. The molecular weight excluding hydrogens is 690 g/mol. The van der Waals surface area contributed by atoms with Crippen LogP contribution in [-0.4, -0.2) is 93.8 Å². The number of carbonyl (C=O) groups excluding carboxylic acids is 4. The second-order valence-corrected chi connectivity index (χ2v) is 13.7. The number of amides is 4. The van der Waals surface area contributed by atoms with E-state index < -0.39 is 11.9 Å². The van der Waals surface area contributed by atoms with E-state index in [0.717, 1.165) is 29.5 Å². The SMILES string of the molecule is CNC(=O)COc1cc2cc(Nc3nc(N4CC[C@H](N(C)Cc5ccc6c(c5)CN(C5CCC(=O)NC5=O)C6=O)C4)ncc3Cl)ccc2n(C)c1=O. The summed E-state index contributed by atoms with van der Waals surface area (Å²) in [4.78, 5) is 76.8. The quantitative estimate of drug-likeness (QED) is 0.205. The lowest BCUT2D eigenvalue weighted by Crippen LogP contribution is -2.52. The van der Waals surface area contributed by atoms with E-state index in [-0.39, 0.29) is 48.1 Å². The van der Waals surface area contributed by atoms with E-state index in [4.69, 9.17) is 21.3 Å². The minimum Gasteiger partial charge on any atom is -0.478 e. The third-order valence-corrected chi connectivity index (χ3v) is 10.2. The highest BCUT2D eigenvalue weighted by Gasteiger charge is 2.39. The summed E-state index contributed by atoms with van der Waals surface area (Å²) in [7, 11) is 5.21. The zero-order valence-electron chi connectivity index (χ0n) is 28.9. The Morgan fingerprint density at radius 2 is 1.94 bits per heavy atom. The van der Waals surface area contributed by atoms with Gasteiger partial charge in [-0.15, -0.1) is 0 Å². The van der Waals surface area contributed by atoms with E-state index in [1.54, 1.807) is 24.2 Å². The number of nitrogens with zero attached hydrogens (tertiary/aromatic N) is 6. The van der Waals surface area contributed by atoms with Crippen LogP contribution in [0.1, 0.15) is 40.7 Å². The maximum Gasteiger partial charge on any atom is 0.293 e. The molecule has 0 saturated carbocycles. The van der Waals surface area contributed by atoms with Crippen molar-refractivity contribution < 1.29 is 23.9 Å². The standard InChI is InChI=1S/C36H38ClN9O6/c1-38-31(48)19-52-29-14-21-13-23(5-7-27(21)44(3)35(29)51)40-32-26(37)15-39-36(42-32)45-11-10-24(18-45)43(2)16-20-4-6-25-22(12-20)17-46(34(25)50)28-8-9-30(47)41-33(28)49/h4-7,12-15,24,28H,8-11,16-19H2,1-3H3,(H,38,48)(H,39,40,42)(H,41,47,49)/t24-,28?/m0/s1. The first-order valence-corrected chi connectivity index (χ1v) is 17.3. The van der Waals surface area contributed by atoms with Crippen molar-refractivity contribution >= 4 is 63.6 Å². The lowest BCUT2D eigenvalue weighted by molar-refractivity contribution is -0.137. The van der Waals surface area contributed by atoms with Gasteiger partial charge in [0.05, 0.1) is 11.7 Å². The molecule has 4 aromatic rings. The maximum absolute atomic E-state index is 13.1. The van der Waals surface area contributed by atoms with E-state index in [9.17, 15) is 24.0 Å². The molecule has 2 fully saturated rings. The van der Waals surface area contributed by atoms with Gasteiger partial charge in [-0.1, -0.05) is 23.7 Å². The van der Waals surface area contributed by atoms with Crippen molar-refractivity contribution in [1.82, 2.24) is 35.0 Å². The Balaban J connectivity index is 1.00. The van der Waals surface area contributed by atoms with Crippen LogP contribution < -0.4 is 31.1 Å². The number of hydrogen-bond donors (Lipinski definition) is 3. The number of aryl methyl sites for hydroxylation is 1. The molecule has 7 rings (SSSR count). The van der Waals surface area contributed by atoms with Gasteiger partial charge >= 0.3 is 0 Å². The highest BCUT2D eigenvalue weighted by molar-refractivity contribution is 6.33. The van der Waals surface area contributed by atoms with Gasteiger partial charge in [-0.25, -0.2) is 4.98 Å². The van der Waals surface area contributed by atoms with E-state index in [0.29, 0.717) is 59.6 Å². The monoisotopic (exact) mass is 727 g/mol. The summed E-state index contributed by atoms with van der Waals surface area (Å²) in [6.45, 7) is 2.18. The maximum atomic E-state index is 13.1. The second kappa shape index (κ2) is 14.2. The van der Waals surface area contributed by atoms with Crippen LogP contribution in [0.5, 0.6) is 5.75 Å². The average Bonchev–Trinajstić information content (AvgIpc) is 3.75. The number of hydrogen-bond acceptors (Lipinski definition) is 11. The second-order valence-electron chi connectivity index (χ2n) is 13.3. The largest absolute Gasteiger partial charge is 0.478 e. The third kappa shape index (κ3) is 6.88. The van der Waals surface area contributed by atoms with Crippen molar-refractivity contribution in [3.8, 4) is 5.75 Å². The van der Waals surface area contributed by atoms with Gasteiger partial charge in [0.15, 0.2) is 18.2 Å². The summed E-state index contributed by atoms with van der Waals surface area (Å²) < 4.78 is 6.96. The van der Waals surface area contributed by atoms with Gasteiger partial charge in [0.2, 0.25) is 17.8 Å². The molecule has 0 radical (unpaired) electrons. The topological polar surface area (TPSA) is 171 Å². The van der Waals surface area contributed by atoms with Gasteiger partial charge in [0.25, 0.3) is 17.4 Å². The number of piperidine rings is 1.